The number of aromatic nitrogens is 3. The molecule has 0 saturated heterocycles. The Labute approximate surface area is 192 Å². The second kappa shape index (κ2) is 8.85. The summed E-state index contributed by atoms with van der Waals surface area (Å²) in [6.07, 6.45) is 2.26. The average molecular weight is 447 g/mol. The summed E-state index contributed by atoms with van der Waals surface area (Å²) in [5, 5.41) is 6.95. The third-order valence-electron chi connectivity index (χ3n) is 5.55. The van der Waals surface area contributed by atoms with Gasteiger partial charge >= 0.3 is 0 Å². The maximum atomic E-state index is 13.0. The molecule has 2 aliphatic heterocycles. The zero-order valence-corrected chi connectivity index (χ0v) is 17.8. The van der Waals surface area contributed by atoms with Gasteiger partial charge in [-0.05, 0) is 30.2 Å². The number of nitrogens with zero attached hydrogens (tertiary/aromatic N) is 5. The van der Waals surface area contributed by atoms with Crippen molar-refractivity contribution in [2.24, 2.45) is 4.99 Å². The number of carbonyl (C=O) groups is 2. The fraction of sp³-hybridized carbons (Fsp3) is 0.292. The van der Waals surface area contributed by atoms with E-state index in [0.29, 0.717) is 18.0 Å². The molecule has 0 spiro atoms. The summed E-state index contributed by atoms with van der Waals surface area (Å²) in [5.74, 6) is -0.200. The lowest BCUT2D eigenvalue weighted by Gasteiger charge is -2.20. The smallest absolute Gasteiger partial charge is 0.291 e. The van der Waals surface area contributed by atoms with Gasteiger partial charge in [0.1, 0.15) is 24.7 Å². The van der Waals surface area contributed by atoms with Crippen LogP contribution in [-0.4, -0.2) is 52.0 Å². The van der Waals surface area contributed by atoms with Gasteiger partial charge in [0.05, 0.1) is 17.9 Å². The first kappa shape index (κ1) is 22.2. The number of hydrogen-bond donors (Lipinski definition) is 1. The van der Waals surface area contributed by atoms with Crippen LogP contribution in [0.2, 0.25) is 0 Å². The van der Waals surface area contributed by atoms with E-state index in [1.54, 1.807) is 11.7 Å². The largest absolute Gasteiger partial charge is 0.489 e. The van der Waals surface area contributed by atoms with Gasteiger partial charge in [0.2, 0.25) is 5.82 Å². The first-order valence-electron chi connectivity index (χ1n) is 10.3. The van der Waals surface area contributed by atoms with E-state index in [1.807, 2.05) is 49.4 Å². The molecule has 0 bridgehead atoms. The number of likely N-dealkylation sites (N-methyl/N-ethyl adjacent to an activating group) is 1. The van der Waals surface area contributed by atoms with Crippen LogP contribution in [0.3, 0.4) is 0 Å². The minimum atomic E-state index is -0.860. The van der Waals surface area contributed by atoms with Crippen molar-refractivity contribution in [1.29, 1.82) is 0 Å². The van der Waals surface area contributed by atoms with E-state index in [1.165, 1.54) is 11.2 Å². The molecule has 2 amide bonds. The molecular weight excluding hydrogens is 420 g/mol. The molecule has 3 heterocycles. The van der Waals surface area contributed by atoms with Crippen LogP contribution in [0.1, 0.15) is 36.1 Å². The van der Waals surface area contributed by atoms with Crippen LogP contribution >= 0.6 is 0 Å². The molecule has 0 saturated carbocycles. The zero-order valence-electron chi connectivity index (χ0n) is 17.8. The maximum absolute atomic E-state index is 13.0. The molecule has 2 aromatic carbocycles. The summed E-state index contributed by atoms with van der Waals surface area (Å²) in [5.41, 5.74) is 4.62. The second-order valence-electron chi connectivity index (χ2n) is 7.96. The van der Waals surface area contributed by atoms with Gasteiger partial charge in [0.15, 0.2) is 0 Å². The number of aliphatic imine (C=N–C) groups is 1. The number of carbonyl (C=O) groups excluding carboxylic acids is 2. The van der Waals surface area contributed by atoms with Crippen molar-refractivity contribution in [3.8, 4) is 5.75 Å². The predicted molar refractivity (Wildman–Crippen MR) is 125 cm³/mol. The highest BCUT2D eigenvalue weighted by molar-refractivity contribution is 6.03. The number of fused-ring (bicyclic) bond motifs is 2. The van der Waals surface area contributed by atoms with E-state index in [9.17, 15) is 9.59 Å². The molecule has 1 aromatic heterocycles. The van der Waals surface area contributed by atoms with Crippen molar-refractivity contribution < 1.29 is 14.3 Å². The number of anilines is 1. The third kappa shape index (κ3) is 4.34. The minimum absolute atomic E-state index is 0. The molecule has 33 heavy (non-hydrogen) atoms. The maximum Gasteiger partial charge on any atom is 0.291 e. The fourth-order valence-corrected chi connectivity index (χ4v) is 3.91. The predicted octanol–water partition coefficient (Wildman–Crippen LogP) is 2.76. The van der Waals surface area contributed by atoms with E-state index in [-0.39, 0.29) is 25.8 Å². The Balaban J connectivity index is 0.00000259. The van der Waals surface area contributed by atoms with E-state index < -0.39 is 11.9 Å². The Morgan fingerprint density at radius 2 is 2.03 bits per heavy atom. The first-order valence-corrected chi connectivity index (χ1v) is 10.3. The van der Waals surface area contributed by atoms with Gasteiger partial charge in [0, 0.05) is 19.2 Å². The quantitative estimate of drug-likeness (QED) is 0.664. The zero-order chi connectivity index (χ0) is 22.2. The minimum Gasteiger partial charge on any atom is -0.489 e. The Hall–Kier alpha value is -4.01. The summed E-state index contributed by atoms with van der Waals surface area (Å²) in [4.78, 5) is 35.9. The highest BCUT2D eigenvalue weighted by atomic mass is 16.5. The molecular formula is C24H26N6O3. The molecule has 0 radical (unpaired) electrons. The van der Waals surface area contributed by atoms with Crippen LogP contribution in [0, 0.1) is 0 Å². The monoisotopic (exact) mass is 446 g/mol. The van der Waals surface area contributed by atoms with Gasteiger partial charge in [0.25, 0.3) is 11.8 Å². The van der Waals surface area contributed by atoms with Crippen LogP contribution in [0.25, 0.3) is 0 Å². The van der Waals surface area contributed by atoms with Crippen LogP contribution in [0.15, 0.2) is 53.8 Å². The van der Waals surface area contributed by atoms with Crippen LogP contribution in [-0.2, 0) is 17.8 Å². The number of nitrogens with one attached hydrogen (secondary N) is 1. The number of hydrogen-bond acceptors (Lipinski definition) is 6. The van der Waals surface area contributed by atoms with Crippen molar-refractivity contribution in [2.75, 3.05) is 18.6 Å². The fourth-order valence-electron chi connectivity index (χ4n) is 3.91. The highest BCUT2D eigenvalue weighted by Crippen LogP contribution is 2.39. The van der Waals surface area contributed by atoms with Crippen LogP contribution < -0.4 is 15.0 Å². The van der Waals surface area contributed by atoms with Gasteiger partial charge in [-0.2, -0.15) is 0 Å². The second-order valence-corrected chi connectivity index (χ2v) is 7.96. The van der Waals surface area contributed by atoms with E-state index in [2.05, 4.69) is 20.4 Å². The molecule has 0 fully saturated rings. The normalized spacial score (nSPS) is 16.7. The number of rotatable bonds is 4. The van der Waals surface area contributed by atoms with Crippen molar-refractivity contribution in [1.82, 2.24) is 20.1 Å². The standard InChI is InChI=1S/C23H22N6O3.CH4/c1-14-8-16-9-20-19(10-17(16)25-14)28(2)23(31)18(12-32-20)26-22(30)21-24-13-29(27-21)11-15-6-4-3-5-7-15;/h3-7,9-10,13,18H,8,11-12H2,1-2H3,(H,26,30);1H4/t18-;/m0./s1. The summed E-state index contributed by atoms with van der Waals surface area (Å²) < 4.78 is 7.49. The lowest BCUT2D eigenvalue weighted by Crippen LogP contribution is -2.49. The molecule has 0 aliphatic carbocycles. The molecule has 1 atom stereocenters. The molecule has 2 aliphatic rings. The van der Waals surface area contributed by atoms with Crippen molar-refractivity contribution in [2.45, 2.75) is 33.4 Å². The van der Waals surface area contributed by atoms with E-state index in [0.717, 1.165) is 28.9 Å². The van der Waals surface area contributed by atoms with Crippen molar-refractivity contribution in [3.63, 3.8) is 0 Å². The molecule has 1 N–H and O–H groups in total. The van der Waals surface area contributed by atoms with Gasteiger partial charge in [-0.15, -0.1) is 5.10 Å². The molecule has 3 aromatic rings. The SMILES string of the molecule is C.CC1=Nc2cc3c(cc2C1)OC[C@H](NC(=O)c1ncn(Cc2ccccc2)n1)C(=O)N3C. The Morgan fingerprint density at radius 1 is 1.24 bits per heavy atom. The van der Waals surface area contributed by atoms with E-state index in [4.69, 9.17) is 4.74 Å². The average Bonchev–Trinajstić information content (AvgIpc) is 3.38. The summed E-state index contributed by atoms with van der Waals surface area (Å²) in [7, 11) is 1.67. The van der Waals surface area contributed by atoms with Gasteiger partial charge in [-0.25, -0.2) is 9.67 Å². The molecule has 170 valence electrons. The number of ether oxygens (including phenoxy) is 1. The lowest BCUT2D eigenvalue weighted by molar-refractivity contribution is -0.120. The topological polar surface area (TPSA) is 102 Å². The van der Waals surface area contributed by atoms with Gasteiger partial charge < -0.3 is 15.0 Å². The molecule has 9 heteroatoms. The van der Waals surface area contributed by atoms with E-state index >= 15 is 0 Å². The Morgan fingerprint density at radius 3 is 2.82 bits per heavy atom. The summed E-state index contributed by atoms with van der Waals surface area (Å²) in [6.45, 7) is 2.49. The summed E-state index contributed by atoms with van der Waals surface area (Å²) in [6, 6.07) is 12.7. The van der Waals surface area contributed by atoms with Crippen molar-refractivity contribution >= 4 is 28.9 Å². The highest BCUT2D eigenvalue weighted by Gasteiger charge is 2.32. The molecule has 5 rings (SSSR count). The van der Waals surface area contributed by atoms with Crippen LogP contribution in [0.4, 0.5) is 11.4 Å². The van der Waals surface area contributed by atoms with Crippen LogP contribution in [0.5, 0.6) is 5.75 Å². The number of benzene rings is 2. The van der Waals surface area contributed by atoms with Gasteiger partial charge in [-0.3, -0.25) is 14.6 Å². The summed E-state index contributed by atoms with van der Waals surface area (Å²) >= 11 is 0. The first-order chi connectivity index (χ1) is 15.5. The third-order valence-corrected chi connectivity index (χ3v) is 5.55. The Kier molecular flexibility index (Phi) is 5.95. The Bertz CT molecular complexity index is 1230. The lowest BCUT2D eigenvalue weighted by atomic mass is 10.1. The van der Waals surface area contributed by atoms with Crippen molar-refractivity contribution in [3.05, 3.63) is 65.7 Å². The molecule has 0 unspecified atom stereocenters. The number of amides is 2. The van der Waals surface area contributed by atoms with Gasteiger partial charge in [-0.1, -0.05) is 37.8 Å². The molecule has 9 nitrogen and oxygen atoms in total.